The van der Waals surface area contributed by atoms with Crippen LogP contribution in [0.25, 0.3) is 0 Å². The van der Waals surface area contributed by atoms with Crippen molar-refractivity contribution in [1.82, 2.24) is 4.98 Å². The second-order valence-corrected chi connectivity index (χ2v) is 10.8. The fourth-order valence-corrected chi connectivity index (χ4v) is 8.00. The summed E-state index contributed by atoms with van der Waals surface area (Å²) < 4.78 is 0.870. The van der Waals surface area contributed by atoms with Crippen molar-refractivity contribution < 1.29 is 0 Å². The van der Waals surface area contributed by atoms with Gasteiger partial charge in [0, 0.05) is 11.8 Å². The van der Waals surface area contributed by atoms with E-state index in [4.69, 9.17) is 0 Å². The molecule has 3 aromatic carbocycles. The predicted molar refractivity (Wildman–Crippen MR) is 121 cm³/mol. The molecule has 4 aromatic rings. The molecule has 132 valence electrons. The van der Waals surface area contributed by atoms with Gasteiger partial charge in [0.15, 0.2) is 0 Å². The Kier molecular flexibility index (Phi) is 5.48. The largest absolute Gasteiger partial charge is 0.249 e. The number of aromatic nitrogens is 1. The first-order chi connectivity index (χ1) is 13.3. The van der Waals surface area contributed by atoms with Crippen LogP contribution in [0.4, 0.5) is 0 Å². The molecule has 0 aliphatic carbocycles. The molecule has 0 fully saturated rings. The van der Waals surface area contributed by atoms with Gasteiger partial charge in [-0.15, -0.1) is 0 Å². The minimum Gasteiger partial charge on any atom is -0.249 e. The third kappa shape index (κ3) is 3.74. The molecular formula is C24H20BrNP+. The van der Waals surface area contributed by atoms with Crippen molar-refractivity contribution >= 4 is 39.1 Å². The quantitative estimate of drug-likeness (QED) is 0.306. The van der Waals surface area contributed by atoms with E-state index >= 15 is 0 Å². The minimum absolute atomic E-state index is 0.870. The van der Waals surface area contributed by atoms with E-state index < -0.39 is 7.26 Å². The first kappa shape index (κ1) is 18.1. The Morgan fingerprint density at radius 3 is 1.41 bits per heavy atom. The summed E-state index contributed by atoms with van der Waals surface area (Å²) in [5, 5.41) is 4.18. The van der Waals surface area contributed by atoms with Crippen LogP contribution in [0.2, 0.25) is 0 Å². The second kappa shape index (κ2) is 8.17. The Labute approximate surface area is 169 Å². The molecule has 3 heteroatoms. The topological polar surface area (TPSA) is 12.9 Å². The summed E-state index contributed by atoms with van der Waals surface area (Å²) in [6, 6.07) is 37.1. The van der Waals surface area contributed by atoms with Gasteiger partial charge in [0.05, 0.1) is 6.16 Å². The molecule has 0 aliphatic heterocycles. The maximum absolute atomic E-state index is 4.48. The average Bonchev–Trinajstić information content (AvgIpc) is 2.75. The smallest absolute Gasteiger partial charge is 0.116 e. The number of rotatable bonds is 5. The Bertz CT molecular complexity index is 890. The lowest BCUT2D eigenvalue weighted by atomic mass is 10.3. The molecule has 0 atom stereocenters. The Morgan fingerprint density at radius 1 is 0.593 bits per heavy atom. The molecule has 4 rings (SSSR count). The Hall–Kier alpha value is -2.28. The molecule has 0 amide bonds. The molecule has 0 aliphatic rings. The van der Waals surface area contributed by atoms with Gasteiger partial charge in [-0.3, -0.25) is 0 Å². The van der Waals surface area contributed by atoms with E-state index in [1.54, 1.807) is 0 Å². The highest BCUT2D eigenvalue weighted by molar-refractivity contribution is 9.10. The number of nitrogens with zero attached hydrogens (tertiary/aromatic N) is 1. The van der Waals surface area contributed by atoms with Crippen LogP contribution in [0.15, 0.2) is 114 Å². The molecule has 1 heterocycles. The highest BCUT2D eigenvalue weighted by Crippen LogP contribution is 2.58. The molecule has 0 radical (unpaired) electrons. The summed E-state index contributed by atoms with van der Waals surface area (Å²) in [5.41, 5.74) is 1.25. The van der Waals surface area contributed by atoms with Crippen LogP contribution >= 0.6 is 23.2 Å². The molecule has 0 N–H and O–H groups in total. The third-order valence-corrected chi connectivity index (χ3v) is 9.65. The first-order valence-corrected chi connectivity index (χ1v) is 11.7. The SMILES string of the molecule is Brc1ccc(C[P+](c2ccccc2)(c2ccccc2)c2ccccc2)cn1. The van der Waals surface area contributed by atoms with E-state index in [-0.39, 0.29) is 0 Å². The zero-order valence-electron chi connectivity index (χ0n) is 14.9. The minimum atomic E-state index is -1.85. The summed E-state index contributed by atoms with van der Waals surface area (Å²) in [4.78, 5) is 4.48. The lowest BCUT2D eigenvalue weighted by Crippen LogP contribution is -2.32. The van der Waals surface area contributed by atoms with Crippen LogP contribution in [-0.2, 0) is 6.16 Å². The first-order valence-electron chi connectivity index (χ1n) is 8.94. The molecule has 0 saturated heterocycles. The Balaban J connectivity index is 1.98. The van der Waals surface area contributed by atoms with Crippen LogP contribution < -0.4 is 15.9 Å². The summed E-state index contributed by atoms with van der Waals surface area (Å²) in [5.74, 6) is 0. The predicted octanol–water partition coefficient (Wildman–Crippen LogP) is 5.34. The lowest BCUT2D eigenvalue weighted by Gasteiger charge is -2.27. The number of benzene rings is 3. The molecule has 0 spiro atoms. The molecular weight excluding hydrogens is 413 g/mol. The molecule has 1 nitrogen and oxygen atoms in total. The number of halogens is 1. The summed E-state index contributed by atoms with van der Waals surface area (Å²) in [6.07, 6.45) is 2.94. The van der Waals surface area contributed by atoms with Gasteiger partial charge in [-0.25, -0.2) is 4.98 Å². The molecule has 0 bridgehead atoms. The van der Waals surface area contributed by atoms with Gasteiger partial charge in [0.2, 0.25) is 0 Å². The fourth-order valence-electron chi connectivity index (χ4n) is 3.54. The Morgan fingerprint density at radius 2 is 1.04 bits per heavy atom. The highest BCUT2D eigenvalue weighted by Gasteiger charge is 2.45. The fraction of sp³-hybridized carbons (Fsp3) is 0.0417. The van der Waals surface area contributed by atoms with E-state index in [1.807, 2.05) is 12.3 Å². The van der Waals surface area contributed by atoms with Crippen LogP contribution in [0.5, 0.6) is 0 Å². The van der Waals surface area contributed by atoms with E-state index in [1.165, 1.54) is 21.5 Å². The maximum atomic E-state index is 4.48. The van der Waals surface area contributed by atoms with Crippen molar-refractivity contribution in [3.8, 4) is 0 Å². The molecule has 0 saturated carbocycles. The van der Waals surface area contributed by atoms with Crippen molar-refractivity contribution in [3.63, 3.8) is 0 Å². The van der Waals surface area contributed by atoms with Crippen molar-refractivity contribution in [1.29, 1.82) is 0 Å². The third-order valence-electron chi connectivity index (χ3n) is 4.80. The van der Waals surface area contributed by atoms with E-state index in [0.29, 0.717) is 0 Å². The summed E-state index contributed by atoms with van der Waals surface area (Å²) in [7, 11) is -1.85. The van der Waals surface area contributed by atoms with E-state index in [9.17, 15) is 0 Å². The van der Waals surface area contributed by atoms with E-state index in [2.05, 4.69) is 118 Å². The number of hydrogen-bond acceptors (Lipinski definition) is 1. The monoisotopic (exact) mass is 432 g/mol. The zero-order valence-corrected chi connectivity index (χ0v) is 17.4. The van der Waals surface area contributed by atoms with E-state index in [0.717, 1.165) is 10.8 Å². The van der Waals surface area contributed by atoms with Crippen molar-refractivity contribution in [3.05, 3.63) is 119 Å². The molecule has 0 unspecified atom stereocenters. The van der Waals surface area contributed by atoms with Gasteiger partial charge < -0.3 is 0 Å². The van der Waals surface area contributed by atoms with Crippen LogP contribution in [0, 0.1) is 0 Å². The molecule has 1 aromatic heterocycles. The van der Waals surface area contributed by atoms with Crippen molar-refractivity contribution in [2.24, 2.45) is 0 Å². The summed E-state index contributed by atoms with van der Waals surface area (Å²) >= 11 is 3.46. The van der Waals surface area contributed by atoms with Gasteiger partial charge >= 0.3 is 0 Å². The van der Waals surface area contributed by atoms with Crippen LogP contribution in [-0.4, -0.2) is 4.98 Å². The number of hydrogen-bond donors (Lipinski definition) is 0. The highest BCUT2D eigenvalue weighted by atomic mass is 79.9. The number of pyridine rings is 1. The average molecular weight is 433 g/mol. The maximum Gasteiger partial charge on any atom is 0.116 e. The van der Waals surface area contributed by atoms with Gasteiger partial charge in [0.25, 0.3) is 0 Å². The summed E-state index contributed by atoms with van der Waals surface area (Å²) in [6.45, 7) is 0. The van der Waals surface area contributed by atoms with Crippen molar-refractivity contribution in [2.45, 2.75) is 6.16 Å². The molecule has 27 heavy (non-hydrogen) atoms. The standard InChI is InChI=1S/C24H20BrNP/c25-24-17-16-20(18-26-24)19-27(21-10-4-1-5-11-21,22-12-6-2-7-13-22)23-14-8-3-9-15-23/h1-18H,19H2/q+1. The van der Waals surface area contributed by atoms with Crippen LogP contribution in [0.3, 0.4) is 0 Å². The zero-order chi connectivity index (χ0) is 18.5. The van der Waals surface area contributed by atoms with Crippen molar-refractivity contribution in [2.75, 3.05) is 0 Å². The van der Waals surface area contributed by atoms with Gasteiger partial charge in [0.1, 0.15) is 27.8 Å². The lowest BCUT2D eigenvalue weighted by molar-refractivity contribution is 1.21. The van der Waals surface area contributed by atoms with Gasteiger partial charge in [-0.2, -0.15) is 0 Å². The normalized spacial score (nSPS) is 11.3. The van der Waals surface area contributed by atoms with Gasteiger partial charge in [-0.05, 0) is 58.4 Å². The van der Waals surface area contributed by atoms with Crippen LogP contribution in [0.1, 0.15) is 5.56 Å². The van der Waals surface area contributed by atoms with Gasteiger partial charge in [-0.1, -0.05) is 60.7 Å². The second-order valence-electron chi connectivity index (χ2n) is 6.46.